The molecule has 2 atom stereocenters. The number of hydrogen-bond acceptors (Lipinski definition) is 4. The third kappa shape index (κ3) is 8.90. The molecule has 0 aromatic heterocycles. The van der Waals surface area contributed by atoms with Crippen molar-refractivity contribution in [3.8, 4) is 0 Å². The van der Waals surface area contributed by atoms with Crippen molar-refractivity contribution in [1.29, 1.82) is 0 Å². The third-order valence-corrected chi connectivity index (χ3v) is 4.52. The lowest BCUT2D eigenvalue weighted by Gasteiger charge is -2.30. The Kier molecular flexibility index (Phi) is 11.4. The average Bonchev–Trinajstić information content (AvgIpc) is 2.46. The molecule has 0 aromatic carbocycles. The van der Waals surface area contributed by atoms with E-state index in [1.165, 1.54) is 19.4 Å². The summed E-state index contributed by atoms with van der Waals surface area (Å²) < 4.78 is 5.13. The van der Waals surface area contributed by atoms with Gasteiger partial charge in [-0.2, -0.15) is 0 Å². The Labute approximate surface area is 127 Å². The molecule has 0 aliphatic carbocycles. The van der Waals surface area contributed by atoms with Gasteiger partial charge in [0.05, 0.1) is 6.61 Å². The zero-order valence-electron chi connectivity index (χ0n) is 14.9. The smallest absolute Gasteiger partial charge is 0.0589 e. The molecule has 0 aromatic rings. The largest absolute Gasteiger partial charge is 0.383 e. The fourth-order valence-corrected chi connectivity index (χ4v) is 2.07. The molecule has 0 heterocycles. The SMILES string of the molecule is CCN(C)CCC(C)N(C)CCC(C)N(C)CCOC. The lowest BCUT2D eigenvalue weighted by Crippen LogP contribution is -2.38. The first-order valence-corrected chi connectivity index (χ1v) is 8.00. The van der Waals surface area contributed by atoms with Crippen LogP contribution in [0.5, 0.6) is 0 Å². The summed E-state index contributed by atoms with van der Waals surface area (Å²) >= 11 is 0. The lowest BCUT2D eigenvalue weighted by atomic mass is 10.1. The Morgan fingerprint density at radius 1 is 0.850 bits per heavy atom. The zero-order valence-corrected chi connectivity index (χ0v) is 14.9. The van der Waals surface area contributed by atoms with Crippen LogP contribution >= 0.6 is 0 Å². The molecular formula is C16H37N3O. The van der Waals surface area contributed by atoms with E-state index in [4.69, 9.17) is 4.74 Å². The van der Waals surface area contributed by atoms with Gasteiger partial charge in [0.2, 0.25) is 0 Å². The standard InChI is InChI=1S/C16H37N3O/c1-8-17(4)11-9-15(2)18(5)12-10-16(3)19(6)13-14-20-7/h15-16H,8-14H2,1-7H3. The van der Waals surface area contributed by atoms with E-state index in [0.717, 1.165) is 26.2 Å². The Morgan fingerprint density at radius 3 is 1.85 bits per heavy atom. The third-order valence-electron chi connectivity index (χ3n) is 4.52. The van der Waals surface area contributed by atoms with E-state index in [1.807, 2.05) is 0 Å². The maximum atomic E-state index is 5.13. The number of methoxy groups -OCH3 is 1. The van der Waals surface area contributed by atoms with Crippen LogP contribution in [0.2, 0.25) is 0 Å². The van der Waals surface area contributed by atoms with Gasteiger partial charge in [0.25, 0.3) is 0 Å². The minimum absolute atomic E-state index is 0.609. The van der Waals surface area contributed by atoms with Gasteiger partial charge >= 0.3 is 0 Å². The van der Waals surface area contributed by atoms with E-state index >= 15 is 0 Å². The quantitative estimate of drug-likeness (QED) is 0.546. The molecule has 4 nitrogen and oxygen atoms in total. The molecular weight excluding hydrogens is 250 g/mol. The van der Waals surface area contributed by atoms with Crippen LogP contribution in [0.1, 0.15) is 33.6 Å². The Hall–Kier alpha value is -0.160. The maximum absolute atomic E-state index is 5.13. The number of hydrogen-bond donors (Lipinski definition) is 0. The molecule has 0 fully saturated rings. The van der Waals surface area contributed by atoms with E-state index in [2.05, 4.69) is 56.6 Å². The van der Waals surface area contributed by atoms with Crippen LogP contribution in [0.25, 0.3) is 0 Å². The van der Waals surface area contributed by atoms with Crippen LogP contribution in [0.15, 0.2) is 0 Å². The summed E-state index contributed by atoms with van der Waals surface area (Å²) in [5.74, 6) is 0. The first-order chi connectivity index (χ1) is 9.42. The lowest BCUT2D eigenvalue weighted by molar-refractivity contribution is 0.131. The van der Waals surface area contributed by atoms with Gasteiger partial charge in [-0.15, -0.1) is 0 Å². The van der Waals surface area contributed by atoms with Crippen LogP contribution in [-0.2, 0) is 4.74 Å². The van der Waals surface area contributed by atoms with Gasteiger partial charge in [-0.25, -0.2) is 0 Å². The van der Waals surface area contributed by atoms with E-state index < -0.39 is 0 Å². The molecule has 0 rings (SSSR count). The van der Waals surface area contributed by atoms with Gasteiger partial charge in [-0.05, 0) is 67.5 Å². The van der Waals surface area contributed by atoms with E-state index in [9.17, 15) is 0 Å². The zero-order chi connectivity index (χ0) is 15.5. The predicted molar refractivity (Wildman–Crippen MR) is 88.5 cm³/mol. The summed E-state index contributed by atoms with van der Waals surface area (Å²) in [4.78, 5) is 7.25. The average molecular weight is 287 g/mol. The Bertz CT molecular complexity index is 226. The highest BCUT2D eigenvalue weighted by Crippen LogP contribution is 2.07. The first-order valence-electron chi connectivity index (χ1n) is 8.00. The van der Waals surface area contributed by atoms with E-state index in [1.54, 1.807) is 7.11 Å². The van der Waals surface area contributed by atoms with Crippen molar-refractivity contribution >= 4 is 0 Å². The molecule has 0 spiro atoms. The second kappa shape index (κ2) is 11.5. The highest BCUT2D eigenvalue weighted by atomic mass is 16.5. The van der Waals surface area contributed by atoms with Crippen molar-refractivity contribution in [3.63, 3.8) is 0 Å². The number of rotatable bonds is 12. The second-order valence-corrected chi connectivity index (χ2v) is 6.13. The molecule has 0 radical (unpaired) electrons. The predicted octanol–water partition coefficient (Wildman–Crippen LogP) is 2.01. The monoisotopic (exact) mass is 287 g/mol. The highest BCUT2D eigenvalue weighted by molar-refractivity contribution is 4.70. The minimum atomic E-state index is 0.609. The van der Waals surface area contributed by atoms with Crippen molar-refractivity contribution in [2.24, 2.45) is 0 Å². The molecule has 0 N–H and O–H groups in total. The normalized spacial score (nSPS) is 15.3. The van der Waals surface area contributed by atoms with Crippen LogP contribution in [0.3, 0.4) is 0 Å². The highest BCUT2D eigenvalue weighted by Gasteiger charge is 2.13. The molecule has 0 aliphatic heterocycles. The molecule has 4 heteroatoms. The molecule has 122 valence electrons. The fraction of sp³-hybridized carbons (Fsp3) is 1.00. The Balaban J connectivity index is 3.86. The molecule has 2 unspecified atom stereocenters. The van der Waals surface area contributed by atoms with Crippen molar-refractivity contribution < 1.29 is 4.74 Å². The summed E-state index contributed by atoms with van der Waals surface area (Å²) in [5, 5.41) is 0. The molecule has 0 saturated heterocycles. The summed E-state index contributed by atoms with van der Waals surface area (Å²) in [6.07, 6.45) is 2.46. The maximum Gasteiger partial charge on any atom is 0.0589 e. The molecule has 20 heavy (non-hydrogen) atoms. The molecule has 0 saturated carbocycles. The molecule has 0 bridgehead atoms. The van der Waals surface area contributed by atoms with Gasteiger partial charge in [0.1, 0.15) is 0 Å². The van der Waals surface area contributed by atoms with Gasteiger partial charge in [-0.1, -0.05) is 6.92 Å². The topological polar surface area (TPSA) is 19.0 Å². The summed E-state index contributed by atoms with van der Waals surface area (Å²) in [6, 6.07) is 1.26. The van der Waals surface area contributed by atoms with Gasteiger partial charge in [0, 0.05) is 25.7 Å². The van der Waals surface area contributed by atoms with Crippen LogP contribution in [0, 0.1) is 0 Å². The fourth-order valence-electron chi connectivity index (χ4n) is 2.07. The van der Waals surface area contributed by atoms with Crippen LogP contribution in [-0.4, -0.2) is 87.8 Å². The Morgan fingerprint density at radius 2 is 1.35 bits per heavy atom. The molecule has 0 amide bonds. The first kappa shape index (κ1) is 19.8. The minimum Gasteiger partial charge on any atom is -0.383 e. The van der Waals surface area contributed by atoms with Gasteiger partial charge < -0.3 is 19.4 Å². The number of ether oxygens (including phenoxy) is 1. The second-order valence-electron chi connectivity index (χ2n) is 6.13. The van der Waals surface area contributed by atoms with E-state index in [-0.39, 0.29) is 0 Å². The van der Waals surface area contributed by atoms with Gasteiger partial charge in [-0.3, -0.25) is 0 Å². The summed E-state index contributed by atoms with van der Waals surface area (Å²) in [5.41, 5.74) is 0. The van der Waals surface area contributed by atoms with Crippen molar-refractivity contribution in [3.05, 3.63) is 0 Å². The summed E-state index contributed by atoms with van der Waals surface area (Å²) in [7, 11) is 8.39. The number of nitrogens with zero attached hydrogens (tertiary/aromatic N) is 3. The van der Waals surface area contributed by atoms with Crippen molar-refractivity contribution in [2.75, 3.05) is 61.0 Å². The number of likely N-dealkylation sites (N-methyl/N-ethyl adjacent to an activating group) is 1. The van der Waals surface area contributed by atoms with E-state index in [0.29, 0.717) is 12.1 Å². The van der Waals surface area contributed by atoms with Crippen LogP contribution in [0.4, 0.5) is 0 Å². The van der Waals surface area contributed by atoms with Crippen molar-refractivity contribution in [2.45, 2.75) is 45.7 Å². The van der Waals surface area contributed by atoms with Crippen molar-refractivity contribution in [1.82, 2.24) is 14.7 Å². The van der Waals surface area contributed by atoms with Crippen LogP contribution < -0.4 is 0 Å². The van der Waals surface area contributed by atoms with Gasteiger partial charge in [0.15, 0.2) is 0 Å². The summed E-state index contributed by atoms with van der Waals surface area (Å²) in [6.45, 7) is 12.2. The molecule has 0 aliphatic rings.